The highest BCUT2D eigenvalue weighted by molar-refractivity contribution is 5.71. The molecule has 0 aromatic heterocycles. The van der Waals surface area contributed by atoms with Crippen LogP contribution in [0.15, 0.2) is 48.5 Å². The van der Waals surface area contributed by atoms with Gasteiger partial charge in [-0.15, -0.1) is 0 Å². The molecule has 2 aromatic carbocycles. The zero-order chi connectivity index (χ0) is 21.1. The van der Waals surface area contributed by atoms with Crippen LogP contribution in [0.25, 0.3) is 0 Å². The van der Waals surface area contributed by atoms with Crippen LogP contribution in [0.3, 0.4) is 0 Å². The minimum Gasteiger partial charge on any atom is -0.489 e. The lowest BCUT2D eigenvalue weighted by Gasteiger charge is -2.26. The Labute approximate surface area is 170 Å². The van der Waals surface area contributed by atoms with E-state index >= 15 is 0 Å². The summed E-state index contributed by atoms with van der Waals surface area (Å²) in [7, 11) is 0. The first-order valence-electron chi connectivity index (χ1n) is 9.82. The number of aliphatic hydroxyl groups is 1. The van der Waals surface area contributed by atoms with Gasteiger partial charge in [0.25, 0.3) is 0 Å². The summed E-state index contributed by atoms with van der Waals surface area (Å²) in [5, 5.41) is 12.3. The smallest absolute Gasteiger partial charge is 0.408 e. The quantitative estimate of drug-likeness (QED) is 0.715. The van der Waals surface area contributed by atoms with Gasteiger partial charge < -0.3 is 19.9 Å². The molecule has 1 fully saturated rings. The molecule has 1 amide bonds. The fourth-order valence-corrected chi connectivity index (χ4v) is 3.58. The van der Waals surface area contributed by atoms with Gasteiger partial charge in [-0.2, -0.15) is 0 Å². The fraction of sp³-hybridized carbons (Fsp3) is 0.435. The summed E-state index contributed by atoms with van der Waals surface area (Å²) in [4.78, 5) is 12.5. The molecule has 2 atom stereocenters. The Bertz CT molecular complexity index is 850. The Morgan fingerprint density at radius 1 is 1.24 bits per heavy atom. The average Bonchev–Trinajstić information content (AvgIpc) is 3.33. The van der Waals surface area contributed by atoms with Gasteiger partial charge in [0.05, 0.1) is 5.54 Å². The van der Waals surface area contributed by atoms with Gasteiger partial charge in [0.15, 0.2) is 0 Å². The number of hydrogen-bond acceptors (Lipinski definition) is 4. The van der Waals surface area contributed by atoms with Gasteiger partial charge >= 0.3 is 6.09 Å². The van der Waals surface area contributed by atoms with E-state index in [1.165, 1.54) is 12.1 Å². The average molecular weight is 401 g/mol. The monoisotopic (exact) mass is 401 g/mol. The van der Waals surface area contributed by atoms with Crippen LogP contribution in [-0.2, 0) is 16.9 Å². The van der Waals surface area contributed by atoms with Crippen molar-refractivity contribution in [1.29, 1.82) is 0 Å². The lowest BCUT2D eigenvalue weighted by molar-refractivity contribution is 0.0486. The van der Waals surface area contributed by atoms with Crippen LogP contribution in [0.2, 0.25) is 0 Å². The summed E-state index contributed by atoms with van der Waals surface area (Å²) in [6, 6.07) is 14.0. The van der Waals surface area contributed by atoms with E-state index < -0.39 is 23.1 Å². The Kier molecular flexibility index (Phi) is 6.13. The zero-order valence-corrected chi connectivity index (χ0v) is 17.1. The number of amides is 1. The van der Waals surface area contributed by atoms with E-state index in [-0.39, 0.29) is 12.5 Å². The highest BCUT2D eigenvalue weighted by Gasteiger charge is 2.58. The summed E-state index contributed by atoms with van der Waals surface area (Å²) in [6.07, 6.45) is 0.499. The standard InChI is InChI=1S/C23H28FNO4/c1-22(2,3)29-21(27)25-23(14-17(23)11-12-26)19-13-18(24)9-10-20(19)28-15-16-7-5-4-6-8-16/h4-10,13,17,26H,11-12,14-15H2,1-3H3,(H,25,27). The molecule has 6 heteroatoms. The number of carbonyl (C=O) groups excluding carboxylic acids is 1. The molecule has 0 spiro atoms. The van der Waals surface area contributed by atoms with E-state index in [0.29, 0.717) is 30.8 Å². The topological polar surface area (TPSA) is 67.8 Å². The van der Waals surface area contributed by atoms with Crippen molar-refractivity contribution in [3.8, 4) is 5.75 Å². The van der Waals surface area contributed by atoms with Gasteiger partial charge in [-0.25, -0.2) is 9.18 Å². The van der Waals surface area contributed by atoms with Gasteiger partial charge in [-0.3, -0.25) is 0 Å². The van der Waals surface area contributed by atoms with Crippen molar-refractivity contribution >= 4 is 6.09 Å². The molecule has 0 heterocycles. The number of nitrogens with one attached hydrogen (secondary N) is 1. The summed E-state index contributed by atoms with van der Waals surface area (Å²) >= 11 is 0. The van der Waals surface area contributed by atoms with E-state index in [1.54, 1.807) is 26.8 Å². The first-order valence-corrected chi connectivity index (χ1v) is 9.82. The van der Waals surface area contributed by atoms with Gasteiger partial charge in [-0.1, -0.05) is 30.3 Å². The van der Waals surface area contributed by atoms with E-state index in [9.17, 15) is 14.3 Å². The fourth-order valence-electron chi connectivity index (χ4n) is 3.58. The van der Waals surface area contributed by atoms with Crippen LogP contribution in [-0.4, -0.2) is 23.4 Å². The first kappa shape index (κ1) is 21.1. The maximum absolute atomic E-state index is 14.1. The molecule has 3 rings (SSSR count). The molecule has 5 nitrogen and oxygen atoms in total. The highest BCUT2D eigenvalue weighted by Crippen LogP contribution is 2.56. The molecule has 1 saturated carbocycles. The second-order valence-corrected chi connectivity index (χ2v) is 8.43. The van der Waals surface area contributed by atoms with Crippen molar-refractivity contribution in [3.63, 3.8) is 0 Å². The van der Waals surface area contributed by atoms with Crippen molar-refractivity contribution in [2.45, 2.75) is 51.4 Å². The largest absolute Gasteiger partial charge is 0.489 e. The summed E-state index contributed by atoms with van der Waals surface area (Å²) in [6.45, 7) is 5.67. The van der Waals surface area contributed by atoms with Gasteiger partial charge in [0, 0.05) is 12.2 Å². The number of carbonyl (C=O) groups is 1. The van der Waals surface area contributed by atoms with Crippen LogP contribution in [0.1, 0.15) is 44.7 Å². The maximum Gasteiger partial charge on any atom is 0.408 e. The number of halogens is 1. The van der Waals surface area contributed by atoms with E-state index in [2.05, 4.69) is 5.32 Å². The van der Waals surface area contributed by atoms with Gasteiger partial charge in [0.2, 0.25) is 0 Å². The molecular weight excluding hydrogens is 373 g/mol. The normalized spacial score (nSPS) is 20.8. The molecule has 156 valence electrons. The lowest BCUT2D eigenvalue weighted by atomic mass is 9.99. The Hall–Kier alpha value is -2.60. The van der Waals surface area contributed by atoms with E-state index in [4.69, 9.17) is 9.47 Å². The third-order valence-electron chi connectivity index (χ3n) is 4.97. The summed E-state index contributed by atoms with van der Waals surface area (Å²) < 4.78 is 25.5. The van der Waals surface area contributed by atoms with Crippen LogP contribution < -0.4 is 10.1 Å². The Morgan fingerprint density at radius 3 is 2.62 bits per heavy atom. The number of benzene rings is 2. The second kappa shape index (κ2) is 8.41. The van der Waals surface area contributed by atoms with Crippen LogP contribution in [0, 0.1) is 11.7 Å². The van der Waals surface area contributed by atoms with Crippen LogP contribution in [0.4, 0.5) is 9.18 Å². The minimum absolute atomic E-state index is 0.0159. The number of rotatable bonds is 7. The van der Waals surface area contributed by atoms with E-state index in [1.807, 2.05) is 30.3 Å². The third-order valence-corrected chi connectivity index (χ3v) is 4.97. The minimum atomic E-state index is -0.820. The van der Waals surface area contributed by atoms with Gasteiger partial charge in [-0.05, 0) is 63.3 Å². The van der Waals surface area contributed by atoms with Crippen molar-refractivity contribution in [2.24, 2.45) is 5.92 Å². The molecule has 2 aromatic rings. The third kappa shape index (κ3) is 5.26. The van der Waals surface area contributed by atoms with Crippen LogP contribution >= 0.6 is 0 Å². The number of aliphatic hydroxyl groups excluding tert-OH is 1. The summed E-state index contributed by atoms with van der Waals surface area (Å²) in [5.41, 5.74) is 0.0813. The summed E-state index contributed by atoms with van der Waals surface area (Å²) in [5.74, 6) is 0.0692. The lowest BCUT2D eigenvalue weighted by Crippen LogP contribution is -2.40. The van der Waals surface area contributed by atoms with Crippen LogP contribution in [0.5, 0.6) is 5.75 Å². The van der Waals surface area contributed by atoms with Crippen molar-refractivity contribution in [2.75, 3.05) is 6.61 Å². The highest BCUT2D eigenvalue weighted by atomic mass is 19.1. The second-order valence-electron chi connectivity index (χ2n) is 8.43. The molecule has 0 bridgehead atoms. The molecular formula is C23H28FNO4. The Morgan fingerprint density at radius 2 is 1.97 bits per heavy atom. The predicted molar refractivity (Wildman–Crippen MR) is 108 cm³/mol. The molecule has 0 radical (unpaired) electrons. The Balaban J connectivity index is 1.87. The van der Waals surface area contributed by atoms with Gasteiger partial charge in [0.1, 0.15) is 23.8 Å². The maximum atomic E-state index is 14.1. The van der Waals surface area contributed by atoms with Crippen molar-refractivity contribution < 1.29 is 23.8 Å². The molecule has 2 N–H and O–H groups in total. The number of ether oxygens (including phenoxy) is 2. The van der Waals surface area contributed by atoms with Crippen molar-refractivity contribution in [3.05, 3.63) is 65.5 Å². The predicted octanol–water partition coefficient (Wildman–Crippen LogP) is 4.53. The molecule has 1 aliphatic rings. The first-order chi connectivity index (χ1) is 13.7. The molecule has 0 saturated heterocycles. The van der Waals surface area contributed by atoms with Crippen molar-refractivity contribution in [1.82, 2.24) is 5.32 Å². The molecule has 0 aliphatic heterocycles. The van der Waals surface area contributed by atoms with E-state index in [0.717, 1.165) is 5.56 Å². The molecule has 29 heavy (non-hydrogen) atoms. The number of hydrogen-bond donors (Lipinski definition) is 2. The molecule has 2 unspecified atom stereocenters. The number of alkyl carbamates (subject to hydrolysis) is 1. The zero-order valence-electron chi connectivity index (χ0n) is 17.1. The SMILES string of the molecule is CC(C)(C)OC(=O)NC1(c2cc(F)ccc2OCc2ccccc2)CC1CCO. The molecule has 1 aliphatic carbocycles.